The molecular formula is C14H25N. The van der Waals surface area contributed by atoms with Crippen LogP contribution in [0.5, 0.6) is 0 Å². The summed E-state index contributed by atoms with van der Waals surface area (Å²) in [6, 6.07) is 0.409. The Kier molecular flexibility index (Phi) is 4.22. The lowest BCUT2D eigenvalue weighted by Gasteiger charge is -2.42. The molecule has 0 bridgehead atoms. The monoisotopic (exact) mass is 207 g/mol. The maximum absolute atomic E-state index is 6.05. The summed E-state index contributed by atoms with van der Waals surface area (Å²) in [6.07, 6.45) is 4.67. The van der Waals surface area contributed by atoms with Crippen molar-refractivity contribution in [1.29, 1.82) is 0 Å². The van der Waals surface area contributed by atoms with Gasteiger partial charge in [-0.1, -0.05) is 20.8 Å². The van der Waals surface area contributed by atoms with Crippen LogP contribution in [0.15, 0.2) is 0 Å². The lowest BCUT2D eigenvalue weighted by atomic mass is 9.64. The van der Waals surface area contributed by atoms with E-state index in [-0.39, 0.29) is 0 Å². The smallest absolute Gasteiger partial charge is 0.0120 e. The quantitative estimate of drug-likeness (QED) is 0.657. The van der Waals surface area contributed by atoms with Crippen LogP contribution in [0.1, 0.15) is 53.4 Å². The fraction of sp³-hybridized carbons (Fsp3) is 0.857. The molecule has 0 radical (unpaired) electrons. The van der Waals surface area contributed by atoms with E-state index < -0.39 is 0 Å². The van der Waals surface area contributed by atoms with Gasteiger partial charge in [0.2, 0.25) is 0 Å². The molecule has 0 saturated heterocycles. The molecule has 0 aromatic carbocycles. The molecule has 0 heterocycles. The summed E-state index contributed by atoms with van der Waals surface area (Å²) < 4.78 is 0. The molecule has 1 nitrogen and oxygen atoms in total. The first kappa shape index (κ1) is 12.6. The van der Waals surface area contributed by atoms with E-state index in [1.807, 2.05) is 6.92 Å². The molecule has 15 heavy (non-hydrogen) atoms. The molecule has 86 valence electrons. The van der Waals surface area contributed by atoms with E-state index in [1.165, 1.54) is 12.8 Å². The second-order valence-corrected chi connectivity index (χ2v) is 5.94. The summed E-state index contributed by atoms with van der Waals surface area (Å²) in [7, 11) is 0. The third-order valence-electron chi connectivity index (χ3n) is 3.68. The minimum absolute atomic E-state index is 0.403. The number of rotatable bonds is 1. The minimum atomic E-state index is 0.403. The molecule has 3 atom stereocenters. The highest BCUT2D eigenvalue weighted by Crippen LogP contribution is 2.42. The van der Waals surface area contributed by atoms with Crippen LogP contribution in [0.25, 0.3) is 0 Å². The van der Waals surface area contributed by atoms with Crippen molar-refractivity contribution in [2.45, 2.75) is 59.4 Å². The Morgan fingerprint density at radius 3 is 2.47 bits per heavy atom. The van der Waals surface area contributed by atoms with Gasteiger partial charge in [0.25, 0.3) is 0 Å². The van der Waals surface area contributed by atoms with Crippen molar-refractivity contribution >= 4 is 0 Å². The zero-order valence-corrected chi connectivity index (χ0v) is 10.6. The van der Waals surface area contributed by atoms with E-state index in [0.29, 0.717) is 17.4 Å². The summed E-state index contributed by atoms with van der Waals surface area (Å²) in [5.41, 5.74) is 6.46. The predicted octanol–water partition coefficient (Wildman–Crippen LogP) is 3.19. The van der Waals surface area contributed by atoms with Gasteiger partial charge in [-0.15, -0.1) is 11.8 Å². The molecule has 1 aliphatic rings. The van der Waals surface area contributed by atoms with Gasteiger partial charge in [-0.3, -0.25) is 0 Å². The van der Waals surface area contributed by atoms with Crippen molar-refractivity contribution in [3.8, 4) is 11.8 Å². The maximum Gasteiger partial charge on any atom is 0.0120 e. The van der Waals surface area contributed by atoms with Gasteiger partial charge in [-0.2, -0.15) is 0 Å². The normalized spacial score (nSPS) is 31.9. The van der Waals surface area contributed by atoms with Crippen molar-refractivity contribution in [1.82, 2.24) is 0 Å². The Hall–Kier alpha value is -0.480. The molecule has 1 saturated carbocycles. The number of hydrogen-bond acceptors (Lipinski definition) is 1. The van der Waals surface area contributed by atoms with Crippen molar-refractivity contribution in [2.24, 2.45) is 23.0 Å². The van der Waals surface area contributed by atoms with Crippen LogP contribution in [0, 0.1) is 29.1 Å². The molecule has 0 aromatic heterocycles. The van der Waals surface area contributed by atoms with Crippen LogP contribution in [-0.4, -0.2) is 6.04 Å². The van der Waals surface area contributed by atoms with E-state index in [1.54, 1.807) is 0 Å². The van der Waals surface area contributed by atoms with Crippen molar-refractivity contribution in [3.05, 3.63) is 0 Å². The van der Waals surface area contributed by atoms with Crippen LogP contribution in [0.3, 0.4) is 0 Å². The Morgan fingerprint density at radius 1 is 1.27 bits per heavy atom. The Bertz CT molecular complexity index is 251. The van der Waals surface area contributed by atoms with Gasteiger partial charge >= 0.3 is 0 Å². The fourth-order valence-corrected chi connectivity index (χ4v) is 2.90. The zero-order chi connectivity index (χ0) is 11.5. The topological polar surface area (TPSA) is 26.0 Å². The zero-order valence-electron chi connectivity index (χ0n) is 10.6. The van der Waals surface area contributed by atoms with E-state index in [4.69, 9.17) is 5.73 Å². The number of hydrogen-bond donors (Lipinski definition) is 1. The Balaban J connectivity index is 2.69. The van der Waals surface area contributed by atoms with Gasteiger partial charge in [-0.05, 0) is 43.4 Å². The first-order valence-corrected chi connectivity index (χ1v) is 6.10. The second-order valence-electron chi connectivity index (χ2n) is 5.94. The van der Waals surface area contributed by atoms with E-state index >= 15 is 0 Å². The van der Waals surface area contributed by atoms with Gasteiger partial charge in [0.05, 0.1) is 0 Å². The van der Waals surface area contributed by atoms with Crippen LogP contribution in [0.2, 0.25) is 0 Å². The van der Waals surface area contributed by atoms with Crippen molar-refractivity contribution in [3.63, 3.8) is 0 Å². The summed E-state index contributed by atoms with van der Waals surface area (Å²) in [5, 5.41) is 0. The van der Waals surface area contributed by atoms with Gasteiger partial charge in [0, 0.05) is 12.5 Å². The number of nitrogens with two attached hydrogens (primary N) is 1. The predicted molar refractivity (Wildman–Crippen MR) is 66.3 cm³/mol. The first-order chi connectivity index (χ1) is 6.95. The molecule has 1 heteroatoms. The van der Waals surface area contributed by atoms with Crippen molar-refractivity contribution in [2.75, 3.05) is 0 Å². The van der Waals surface area contributed by atoms with Crippen LogP contribution in [0.4, 0.5) is 0 Å². The standard InChI is InChI=1S/C14H25N/c1-5-6-7-11-10-12(15)8-9-13(11)14(2,3)4/h11-13H,7-10,15H2,1-4H3. The molecule has 2 N–H and O–H groups in total. The maximum atomic E-state index is 6.05. The summed E-state index contributed by atoms with van der Waals surface area (Å²) >= 11 is 0. The van der Waals surface area contributed by atoms with Crippen LogP contribution < -0.4 is 5.73 Å². The molecule has 1 rings (SSSR count). The first-order valence-electron chi connectivity index (χ1n) is 6.10. The minimum Gasteiger partial charge on any atom is -0.328 e. The Morgan fingerprint density at radius 2 is 1.93 bits per heavy atom. The molecule has 1 aliphatic carbocycles. The molecule has 0 aliphatic heterocycles. The lowest BCUT2D eigenvalue weighted by Crippen LogP contribution is -2.38. The molecule has 0 aromatic rings. The van der Waals surface area contributed by atoms with E-state index in [9.17, 15) is 0 Å². The van der Waals surface area contributed by atoms with Gasteiger partial charge < -0.3 is 5.73 Å². The average Bonchev–Trinajstić information content (AvgIpc) is 2.12. The highest BCUT2D eigenvalue weighted by Gasteiger charge is 2.35. The molecule has 0 amide bonds. The Labute approximate surface area is 94.8 Å². The van der Waals surface area contributed by atoms with Crippen molar-refractivity contribution < 1.29 is 0 Å². The third-order valence-corrected chi connectivity index (χ3v) is 3.68. The highest BCUT2D eigenvalue weighted by atomic mass is 14.6. The van der Waals surface area contributed by atoms with Gasteiger partial charge in [0.1, 0.15) is 0 Å². The summed E-state index contributed by atoms with van der Waals surface area (Å²) in [6.45, 7) is 8.97. The van der Waals surface area contributed by atoms with E-state index in [0.717, 1.165) is 18.8 Å². The summed E-state index contributed by atoms with van der Waals surface area (Å²) in [4.78, 5) is 0. The lowest BCUT2D eigenvalue weighted by molar-refractivity contribution is 0.101. The fourth-order valence-electron chi connectivity index (χ4n) is 2.90. The molecule has 3 unspecified atom stereocenters. The average molecular weight is 207 g/mol. The van der Waals surface area contributed by atoms with E-state index in [2.05, 4.69) is 32.6 Å². The SMILES string of the molecule is CC#CCC1CC(N)CCC1C(C)(C)C. The largest absolute Gasteiger partial charge is 0.328 e. The van der Waals surface area contributed by atoms with Crippen LogP contribution in [-0.2, 0) is 0 Å². The highest BCUT2D eigenvalue weighted by molar-refractivity contribution is 5.00. The molecule has 0 spiro atoms. The van der Waals surface area contributed by atoms with Gasteiger partial charge in [-0.25, -0.2) is 0 Å². The second kappa shape index (κ2) is 5.03. The molecular weight excluding hydrogens is 182 g/mol. The summed E-state index contributed by atoms with van der Waals surface area (Å²) in [5.74, 6) is 7.75. The molecule has 1 fully saturated rings. The van der Waals surface area contributed by atoms with Crippen LogP contribution >= 0.6 is 0 Å². The van der Waals surface area contributed by atoms with Gasteiger partial charge in [0.15, 0.2) is 0 Å². The third kappa shape index (κ3) is 3.54.